The van der Waals surface area contributed by atoms with Gasteiger partial charge in [-0.25, -0.2) is 9.97 Å². The molecule has 2 saturated heterocycles. The summed E-state index contributed by atoms with van der Waals surface area (Å²) < 4.78 is 6.93. The molecule has 0 spiro atoms. The number of carbonyl (C=O) groups is 3. The smallest absolute Gasteiger partial charge is 0.251 e. The summed E-state index contributed by atoms with van der Waals surface area (Å²) in [5.74, 6) is 0.310. The number of ether oxygens (including phenoxy) is 1. The van der Waals surface area contributed by atoms with E-state index in [1.807, 2.05) is 17.5 Å². The molecule has 4 heterocycles. The number of rotatable bonds is 8. The molecule has 3 amide bonds. The maximum atomic E-state index is 12.7. The lowest BCUT2D eigenvalue weighted by molar-refractivity contribution is -0.121. The number of aromatic nitrogens is 3. The zero-order valence-electron chi connectivity index (χ0n) is 28.2. The van der Waals surface area contributed by atoms with Crippen LogP contribution in [-0.4, -0.2) is 88.9 Å². The van der Waals surface area contributed by atoms with E-state index in [1.54, 1.807) is 66.4 Å². The quantitative estimate of drug-likeness (QED) is 0.254. The van der Waals surface area contributed by atoms with Gasteiger partial charge in [0.15, 0.2) is 23.3 Å². The van der Waals surface area contributed by atoms with E-state index in [2.05, 4.69) is 39.1 Å². The second-order valence-corrected chi connectivity index (χ2v) is 12.5. The molecule has 260 valence electrons. The van der Waals surface area contributed by atoms with Gasteiger partial charge >= 0.3 is 0 Å². The van der Waals surface area contributed by atoms with E-state index in [9.17, 15) is 14.4 Å². The van der Waals surface area contributed by atoms with Gasteiger partial charge in [-0.05, 0) is 43.5 Å². The predicted molar refractivity (Wildman–Crippen MR) is 188 cm³/mol. The molecule has 6 rings (SSSR count). The monoisotopic (exact) mass is 705 g/mol. The third kappa shape index (κ3) is 8.24. The van der Waals surface area contributed by atoms with Crippen LogP contribution in [-0.2, 0) is 9.59 Å². The minimum Gasteiger partial charge on any atom is -0.495 e. The SMILES string of the molecule is CNC(=O)c1ccc(-c2csc(N(C)C(=O)[C@@H]3CCCN3C#N)n2)cc1.COc1cc(-n2cnc(NC(=O)[C@H]3CCN(C#N)C3)c2)ccc1C#N. The third-order valence-electron chi connectivity index (χ3n) is 8.58. The molecule has 2 aliphatic heterocycles. The molecule has 16 heteroatoms. The van der Waals surface area contributed by atoms with Crippen LogP contribution in [0.4, 0.5) is 10.9 Å². The molecule has 2 aromatic heterocycles. The van der Waals surface area contributed by atoms with Gasteiger partial charge in [-0.15, -0.1) is 11.3 Å². The van der Waals surface area contributed by atoms with Gasteiger partial charge in [-0.2, -0.15) is 15.8 Å². The molecule has 51 heavy (non-hydrogen) atoms. The molecule has 0 aliphatic carbocycles. The molecule has 0 bridgehead atoms. The van der Waals surface area contributed by atoms with Crippen molar-refractivity contribution in [3.63, 3.8) is 0 Å². The zero-order valence-corrected chi connectivity index (χ0v) is 29.1. The minimum absolute atomic E-state index is 0.111. The lowest BCUT2D eigenvalue weighted by Gasteiger charge is -2.22. The molecule has 2 N–H and O–H groups in total. The number of hydrogen-bond acceptors (Lipinski definition) is 12. The highest BCUT2D eigenvalue weighted by atomic mass is 32.1. The number of likely N-dealkylation sites (N-methyl/N-ethyl adjacent to an activating group) is 1. The van der Waals surface area contributed by atoms with Crippen molar-refractivity contribution in [2.45, 2.75) is 25.3 Å². The van der Waals surface area contributed by atoms with E-state index < -0.39 is 6.04 Å². The van der Waals surface area contributed by atoms with Crippen LogP contribution in [0, 0.1) is 40.2 Å². The van der Waals surface area contributed by atoms with Gasteiger partial charge < -0.3 is 24.8 Å². The molecule has 2 atom stereocenters. The summed E-state index contributed by atoms with van der Waals surface area (Å²) in [6.45, 7) is 1.67. The first-order chi connectivity index (χ1) is 24.7. The fourth-order valence-electron chi connectivity index (χ4n) is 5.70. The number of imidazole rings is 1. The van der Waals surface area contributed by atoms with Gasteiger partial charge in [0.1, 0.15) is 24.2 Å². The van der Waals surface area contributed by atoms with Crippen LogP contribution in [0.15, 0.2) is 60.4 Å². The van der Waals surface area contributed by atoms with Crippen molar-refractivity contribution in [2.24, 2.45) is 5.92 Å². The van der Waals surface area contributed by atoms with E-state index in [4.69, 9.17) is 20.5 Å². The van der Waals surface area contributed by atoms with Crippen molar-refractivity contribution in [1.82, 2.24) is 29.7 Å². The molecule has 0 saturated carbocycles. The maximum absolute atomic E-state index is 12.7. The number of nitrogens with one attached hydrogen (secondary N) is 2. The molecule has 15 nitrogen and oxygen atoms in total. The average molecular weight is 706 g/mol. The maximum Gasteiger partial charge on any atom is 0.251 e. The van der Waals surface area contributed by atoms with Crippen LogP contribution in [0.25, 0.3) is 16.9 Å². The van der Waals surface area contributed by atoms with Gasteiger partial charge in [-0.3, -0.25) is 24.2 Å². The number of nitrogens with zero attached hydrogens (tertiary/aromatic N) is 9. The molecule has 2 aromatic carbocycles. The summed E-state index contributed by atoms with van der Waals surface area (Å²) in [5, 5.41) is 34.9. The van der Waals surface area contributed by atoms with Crippen LogP contribution < -0.4 is 20.3 Å². The fourth-order valence-corrected chi connectivity index (χ4v) is 6.51. The number of benzene rings is 2. The van der Waals surface area contributed by atoms with E-state index in [1.165, 1.54) is 28.2 Å². The third-order valence-corrected chi connectivity index (χ3v) is 9.50. The van der Waals surface area contributed by atoms with Crippen molar-refractivity contribution in [3.8, 4) is 41.1 Å². The second-order valence-electron chi connectivity index (χ2n) is 11.7. The average Bonchev–Trinajstić information content (AvgIpc) is 4.01. The Bertz CT molecular complexity index is 2020. The Balaban J connectivity index is 0.000000198. The number of thiazole rings is 1. The summed E-state index contributed by atoms with van der Waals surface area (Å²) in [6, 6.07) is 14.0. The largest absolute Gasteiger partial charge is 0.495 e. The number of nitriles is 3. The van der Waals surface area contributed by atoms with Crippen LogP contribution in [0.3, 0.4) is 0 Å². The number of amides is 3. The highest BCUT2D eigenvalue weighted by Crippen LogP contribution is 2.29. The summed E-state index contributed by atoms with van der Waals surface area (Å²) in [4.78, 5) is 49.9. The van der Waals surface area contributed by atoms with Gasteiger partial charge in [0, 0.05) is 56.3 Å². The topological polar surface area (TPSA) is 196 Å². The Morgan fingerprint density at radius 1 is 1.06 bits per heavy atom. The van der Waals surface area contributed by atoms with Gasteiger partial charge in [-0.1, -0.05) is 12.1 Å². The number of likely N-dealkylation sites (tertiary alicyclic amines) is 2. The number of anilines is 2. The van der Waals surface area contributed by atoms with Crippen molar-refractivity contribution < 1.29 is 19.1 Å². The minimum atomic E-state index is -0.399. The first kappa shape index (κ1) is 35.9. The molecule has 2 aliphatic rings. The Hall–Kier alpha value is -6.44. The summed E-state index contributed by atoms with van der Waals surface area (Å²) >= 11 is 1.38. The lowest BCUT2D eigenvalue weighted by atomic mass is 10.1. The van der Waals surface area contributed by atoms with E-state index in [0.29, 0.717) is 60.3 Å². The lowest BCUT2D eigenvalue weighted by Crippen LogP contribution is -2.42. The van der Waals surface area contributed by atoms with E-state index >= 15 is 0 Å². The number of carbonyl (C=O) groups excluding carboxylic acids is 3. The van der Waals surface area contributed by atoms with Crippen molar-refractivity contribution >= 4 is 40.0 Å². The molecular formula is C35H35N11O4S. The number of hydrogen-bond donors (Lipinski definition) is 2. The molecule has 4 aromatic rings. The van der Waals surface area contributed by atoms with Crippen molar-refractivity contribution in [2.75, 3.05) is 51.1 Å². The summed E-state index contributed by atoms with van der Waals surface area (Å²) in [5.41, 5.74) is 3.41. The highest BCUT2D eigenvalue weighted by molar-refractivity contribution is 7.14. The van der Waals surface area contributed by atoms with Crippen LogP contribution >= 0.6 is 11.3 Å². The Morgan fingerprint density at radius 3 is 2.51 bits per heavy atom. The zero-order chi connectivity index (χ0) is 36.5. The fraction of sp³-hybridized carbons (Fsp3) is 0.314. The van der Waals surface area contributed by atoms with E-state index in [-0.39, 0.29) is 23.6 Å². The van der Waals surface area contributed by atoms with Gasteiger partial charge in [0.2, 0.25) is 5.91 Å². The second kappa shape index (κ2) is 16.3. The first-order valence-electron chi connectivity index (χ1n) is 16.0. The van der Waals surface area contributed by atoms with Crippen molar-refractivity contribution in [1.29, 1.82) is 15.8 Å². The number of methoxy groups -OCH3 is 1. The highest BCUT2D eigenvalue weighted by Gasteiger charge is 2.33. The normalized spacial score (nSPS) is 16.2. The van der Waals surface area contributed by atoms with Gasteiger partial charge in [0.05, 0.1) is 36.2 Å². The van der Waals surface area contributed by atoms with Crippen LogP contribution in [0.2, 0.25) is 0 Å². The molecule has 2 fully saturated rings. The summed E-state index contributed by atoms with van der Waals surface area (Å²) in [7, 11) is 4.78. The molecule has 0 radical (unpaired) electrons. The van der Waals surface area contributed by atoms with Crippen LogP contribution in [0.1, 0.15) is 35.2 Å². The van der Waals surface area contributed by atoms with Gasteiger partial charge in [0.25, 0.3) is 11.8 Å². The molecular weight excluding hydrogens is 671 g/mol. The van der Waals surface area contributed by atoms with Crippen molar-refractivity contribution in [3.05, 3.63) is 71.5 Å². The molecule has 0 unspecified atom stereocenters. The van der Waals surface area contributed by atoms with E-state index in [0.717, 1.165) is 23.4 Å². The Kier molecular flexibility index (Phi) is 11.5. The standard InChI is InChI=1S/C18H19N5O2S.C17H16N6O2/c1-20-16(24)13-7-5-12(6-8-13)14-10-26-18(21-14)22(2)17(25)15-4-3-9-23(15)11-19;1-25-15-6-14(3-2-12(15)7-18)23-9-16(20-11-23)21-17(24)13-4-5-22(8-13)10-19/h5-8,10,15H,3-4,9H2,1-2H3,(H,20,24);2-3,6,9,11,13H,4-5,8H2,1H3,(H,21,24)/t15-;13-/m00/s1. The van der Waals surface area contributed by atoms with Crippen LogP contribution in [0.5, 0.6) is 5.75 Å². The summed E-state index contributed by atoms with van der Waals surface area (Å²) in [6.07, 6.45) is 9.61. The Labute approximate surface area is 298 Å². The Morgan fingerprint density at radius 2 is 1.84 bits per heavy atom. The predicted octanol–water partition coefficient (Wildman–Crippen LogP) is 3.57. The first-order valence-corrected chi connectivity index (χ1v) is 16.9.